The zero-order valence-corrected chi connectivity index (χ0v) is 16.1. The van der Waals surface area contributed by atoms with Gasteiger partial charge in [-0.05, 0) is 56.9 Å². The highest BCUT2D eigenvalue weighted by Crippen LogP contribution is 2.31. The smallest absolute Gasteiger partial charge is 0.223 e. The highest BCUT2D eigenvalue weighted by atomic mass is 16.5. The number of likely N-dealkylation sites (tertiary alicyclic amines) is 1. The van der Waals surface area contributed by atoms with Gasteiger partial charge < -0.3 is 9.64 Å². The molecule has 3 nitrogen and oxygen atoms in total. The van der Waals surface area contributed by atoms with Crippen LogP contribution in [0.2, 0.25) is 0 Å². The van der Waals surface area contributed by atoms with Gasteiger partial charge in [-0.15, -0.1) is 0 Å². The summed E-state index contributed by atoms with van der Waals surface area (Å²) in [4.78, 5) is 14.8. The summed E-state index contributed by atoms with van der Waals surface area (Å²) < 4.78 is 5.76. The monoisotopic (exact) mass is 351 g/mol. The van der Waals surface area contributed by atoms with Crippen molar-refractivity contribution in [3.63, 3.8) is 0 Å². The van der Waals surface area contributed by atoms with Gasteiger partial charge in [0, 0.05) is 25.4 Å². The Labute approximate surface area is 157 Å². The van der Waals surface area contributed by atoms with Crippen molar-refractivity contribution in [3.8, 4) is 5.75 Å². The first kappa shape index (κ1) is 18.5. The molecule has 0 N–H and O–H groups in total. The number of aryl methyl sites for hydroxylation is 1. The summed E-state index contributed by atoms with van der Waals surface area (Å²) in [6, 6.07) is 16.8. The molecule has 1 saturated heterocycles. The number of carbonyl (C=O) groups is 1. The van der Waals surface area contributed by atoms with E-state index in [0.29, 0.717) is 6.42 Å². The molecule has 3 rings (SSSR count). The Hall–Kier alpha value is -2.29. The van der Waals surface area contributed by atoms with E-state index >= 15 is 0 Å². The maximum Gasteiger partial charge on any atom is 0.223 e. The lowest BCUT2D eigenvalue weighted by Gasteiger charge is -2.22. The van der Waals surface area contributed by atoms with Gasteiger partial charge in [0.25, 0.3) is 0 Å². The van der Waals surface area contributed by atoms with Crippen LogP contribution in [0, 0.1) is 6.92 Å². The third kappa shape index (κ3) is 4.66. The number of hydrogen-bond donors (Lipinski definition) is 0. The molecule has 138 valence electrons. The minimum atomic E-state index is 0.0804. The summed E-state index contributed by atoms with van der Waals surface area (Å²) >= 11 is 0. The zero-order valence-electron chi connectivity index (χ0n) is 16.1. The van der Waals surface area contributed by atoms with Gasteiger partial charge in [0.05, 0.1) is 6.10 Å². The molecule has 1 aliphatic rings. The fourth-order valence-corrected chi connectivity index (χ4v) is 3.55. The Bertz CT molecular complexity index is 713. The van der Waals surface area contributed by atoms with E-state index in [0.717, 1.165) is 37.2 Å². The van der Waals surface area contributed by atoms with Gasteiger partial charge in [-0.25, -0.2) is 0 Å². The van der Waals surface area contributed by atoms with Crippen molar-refractivity contribution in [1.29, 1.82) is 0 Å². The zero-order chi connectivity index (χ0) is 18.5. The summed E-state index contributed by atoms with van der Waals surface area (Å²) in [6.45, 7) is 7.95. The maximum atomic E-state index is 12.8. The van der Waals surface area contributed by atoms with E-state index in [1.54, 1.807) is 0 Å². The first-order valence-corrected chi connectivity index (χ1v) is 9.64. The number of ether oxygens (including phenoxy) is 1. The third-order valence-electron chi connectivity index (χ3n) is 4.97. The Morgan fingerprint density at radius 3 is 2.04 bits per heavy atom. The second-order valence-corrected chi connectivity index (χ2v) is 7.49. The number of benzene rings is 2. The van der Waals surface area contributed by atoms with Gasteiger partial charge in [0.1, 0.15) is 5.75 Å². The first-order chi connectivity index (χ1) is 12.5. The van der Waals surface area contributed by atoms with E-state index in [9.17, 15) is 4.79 Å². The minimum absolute atomic E-state index is 0.0804. The molecule has 0 aromatic heterocycles. The molecular formula is C23H29NO2. The van der Waals surface area contributed by atoms with Crippen LogP contribution < -0.4 is 4.74 Å². The predicted molar refractivity (Wildman–Crippen MR) is 106 cm³/mol. The van der Waals surface area contributed by atoms with Crippen LogP contribution in [0.5, 0.6) is 5.75 Å². The van der Waals surface area contributed by atoms with Crippen LogP contribution in [0.1, 0.15) is 55.7 Å². The van der Waals surface area contributed by atoms with Gasteiger partial charge >= 0.3 is 0 Å². The average molecular weight is 351 g/mol. The lowest BCUT2D eigenvalue weighted by molar-refractivity contribution is -0.130. The Morgan fingerprint density at radius 2 is 1.50 bits per heavy atom. The van der Waals surface area contributed by atoms with E-state index in [2.05, 4.69) is 43.3 Å². The van der Waals surface area contributed by atoms with E-state index < -0.39 is 0 Å². The average Bonchev–Trinajstić information content (AvgIpc) is 3.16. The van der Waals surface area contributed by atoms with Crippen LogP contribution in [-0.4, -0.2) is 30.0 Å². The fourth-order valence-electron chi connectivity index (χ4n) is 3.55. The van der Waals surface area contributed by atoms with Gasteiger partial charge in [-0.1, -0.05) is 42.0 Å². The van der Waals surface area contributed by atoms with Gasteiger partial charge in [0.2, 0.25) is 5.91 Å². The van der Waals surface area contributed by atoms with Crippen molar-refractivity contribution in [2.24, 2.45) is 0 Å². The predicted octanol–water partition coefficient (Wildman–Crippen LogP) is 4.93. The SMILES string of the molecule is Cc1ccc(C(CC(=O)N2CCCC2)c2ccc(OC(C)C)cc2)cc1. The Balaban J connectivity index is 1.84. The number of rotatable bonds is 6. The summed E-state index contributed by atoms with van der Waals surface area (Å²) in [7, 11) is 0. The van der Waals surface area contributed by atoms with Crippen molar-refractivity contribution in [2.75, 3.05) is 13.1 Å². The minimum Gasteiger partial charge on any atom is -0.491 e. The fraction of sp³-hybridized carbons (Fsp3) is 0.435. The summed E-state index contributed by atoms with van der Waals surface area (Å²) in [5, 5.41) is 0. The molecule has 0 radical (unpaired) electrons. The normalized spacial score (nSPS) is 15.3. The first-order valence-electron chi connectivity index (χ1n) is 9.64. The molecule has 1 fully saturated rings. The molecule has 1 aliphatic heterocycles. The molecule has 1 amide bonds. The van der Waals surface area contributed by atoms with Gasteiger partial charge in [0.15, 0.2) is 0 Å². The number of carbonyl (C=O) groups excluding carboxylic acids is 1. The van der Waals surface area contributed by atoms with E-state index in [1.807, 2.05) is 30.9 Å². The highest BCUT2D eigenvalue weighted by molar-refractivity contribution is 5.78. The molecule has 26 heavy (non-hydrogen) atoms. The van der Waals surface area contributed by atoms with Crippen molar-refractivity contribution in [3.05, 3.63) is 65.2 Å². The standard InChI is InChI=1S/C23H29NO2/c1-17(2)26-21-12-10-20(11-13-21)22(19-8-6-18(3)7-9-19)16-23(25)24-14-4-5-15-24/h6-13,17,22H,4-5,14-16H2,1-3H3. The molecule has 0 saturated carbocycles. The number of amides is 1. The lowest BCUT2D eigenvalue weighted by atomic mass is 9.87. The van der Waals surface area contributed by atoms with Crippen molar-refractivity contribution in [2.45, 2.75) is 52.1 Å². The van der Waals surface area contributed by atoms with E-state index in [1.165, 1.54) is 11.1 Å². The molecule has 1 heterocycles. The molecule has 0 aliphatic carbocycles. The molecule has 1 unspecified atom stereocenters. The number of nitrogens with zero attached hydrogens (tertiary/aromatic N) is 1. The van der Waals surface area contributed by atoms with Crippen LogP contribution in [0.25, 0.3) is 0 Å². The summed E-state index contributed by atoms with van der Waals surface area (Å²) in [6.07, 6.45) is 2.93. The van der Waals surface area contributed by atoms with Crippen LogP contribution in [0.15, 0.2) is 48.5 Å². The topological polar surface area (TPSA) is 29.5 Å². The maximum absolute atomic E-state index is 12.8. The molecular weight excluding hydrogens is 322 g/mol. The lowest BCUT2D eigenvalue weighted by Crippen LogP contribution is -2.29. The molecule has 3 heteroatoms. The second-order valence-electron chi connectivity index (χ2n) is 7.49. The molecule has 1 atom stereocenters. The van der Waals surface area contributed by atoms with Gasteiger partial charge in [-0.3, -0.25) is 4.79 Å². The molecule has 0 spiro atoms. The highest BCUT2D eigenvalue weighted by Gasteiger charge is 2.24. The van der Waals surface area contributed by atoms with E-state index in [4.69, 9.17) is 4.74 Å². The molecule has 2 aromatic carbocycles. The van der Waals surface area contributed by atoms with Crippen LogP contribution in [0.3, 0.4) is 0 Å². The van der Waals surface area contributed by atoms with Crippen LogP contribution >= 0.6 is 0 Å². The Morgan fingerprint density at radius 1 is 0.962 bits per heavy atom. The van der Waals surface area contributed by atoms with Gasteiger partial charge in [-0.2, -0.15) is 0 Å². The quantitative estimate of drug-likeness (QED) is 0.739. The van der Waals surface area contributed by atoms with Crippen molar-refractivity contribution < 1.29 is 9.53 Å². The Kier molecular flexibility index (Phi) is 5.97. The second kappa shape index (κ2) is 8.39. The molecule has 0 bridgehead atoms. The summed E-state index contributed by atoms with van der Waals surface area (Å²) in [5.41, 5.74) is 3.59. The van der Waals surface area contributed by atoms with Crippen molar-refractivity contribution in [1.82, 2.24) is 4.90 Å². The van der Waals surface area contributed by atoms with Crippen molar-refractivity contribution >= 4 is 5.91 Å². The van der Waals surface area contributed by atoms with Crippen LogP contribution in [-0.2, 0) is 4.79 Å². The van der Waals surface area contributed by atoms with E-state index in [-0.39, 0.29) is 17.9 Å². The summed E-state index contributed by atoms with van der Waals surface area (Å²) in [5.74, 6) is 1.21. The largest absolute Gasteiger partial charge is 0.491 e. The number of hydrogen-bond acceptors (Lipinski definition) is 2. The molecule has 2 aromatic rings. The third-order valence-corrected chi connectivity index (χ3v) is 4.97. The van der Waals surface area contributed by atoms with Crippen LogP contribution in [0.4, 0.5) is 0 Å².